The topological polar surface area (TPSA) is 59.9 Å². The van der Waals surface area contributed by atoms with Crippen molar-refractivity contribution in [2.45, 2.75) is 52.4 Å². The third-order valence-corrected chi connectivity index (χ3v) is 7.44. The Bertz CT molecular complexity index is 1230. The molecule has 0 bridgehead atoms. The van der Waals surface area contributed by atoms with Crippen molar-refractivity contribution in [1.29, 1.82) is 0 Å². The molecule has 2 aromatic carbocycles. The standard InChI is InChI=1S/C27H28N2O3S/c1-17-8-7-9-20(12-17)29-26(30)25-21-10-5-3-4-6-11-24(21)33-27(25)28-15-19-14-23-22(13-18(19)2)31-16-32-23/h7-9,12-15H,3-6,10-11,16H2,1-2H3,(H,29,30). The third kappa shape index (κ3) is 4.67. The van der Waals surface area contributed by atoms with Gasteiger partial charge < -0.3 is 14.8 Å². The van der Waals surface area contributed by atoms with Gasteiger partial charge in [0.1, 0.15) is 5.00 Å². The van der Waals surface area contributed by atoms with Crippen LogP contribution < -0.4 is 14.8 Å². The van der Waals surface area contributed by atoms with Gasteiger partial charge in [-0.1, -0.05) is 25.0 Å². The van der Waals surface area contributed by atoms with Gasteiger partial charge in [0.15, 0.2) is 11.5 Å². The average molecular weight is 461 g/mol. The van der Waals surface area contributed by atoms with E-state index in [0.29, 0.717) is 0 Å². The zero-order valence-electron chi connectivity index (χ0n) is 19.1. The lowest BCUT2D eigenvalue weighted by atomic mass is 9.96. The lowest BCUT2D eigenvalue weighted by Gasteiger charge is -2.12. The van der Waals surface area contributed by atoms with E-state index in [-0.39, 0.29) is 12.7 Å². The van der Waals surface area contributed by atoms with Crippen molar-refractivity contribution in [3.63, 3.8) is 0 Å². The fraction of sp³-hybridized carbons (Fsp3) is 0.333. The number of carbonyl (C=O) groups is 1. The molecule has 0 fully saturated rings. The Morgan fingerprint density at radius 3 is 2.64 bits per heavy atom. The first-order valence-electron chi connectivity index (χ1n) is 11.6. The maximum Gasteiger partial charge on any atom is 0.259 e. The predicted molar refractivity (Wildman–Crippen MR) is 134 cm³/mol. The smallest absolute Gasteiger partial charge is 0.259 e. The van der Waals surface area contributed by atoms with E-state index in [4.69, 9.17) is 14.5 Å². The van der Waals surface area contributed by atoms with E-state index in [9.17, 15) is 4.79 Å². The van der Waals surface area contributed by atoms with Crippen molar-refractivity contribution in [2.75, 3.05) is 12.1 Å². The minimum Gasteiger partial charge on any atom is -0.454 e. The number of rotatable bonds is 4. The summed E-state index contributed by atoms with van der Waals surface area (Å²) in [5.74, 6) is 1.42. The van der Waals surface area contributed by atoms with Crippen molar-refractivity contribution in [2.24, 2.45) is 4.99 Å². The van der Waals surface area contributed by atoms with Crippen LogP contribution in [-0.4, -0.2) is 18.9 Å². The molecule has 0 spiro atoms. The van der Waals surface area contributed by atoms with Crippen molar-refractivity contribution >= 4 is 34.1 Å². The quantitative estimate of drug-likeness (QED) is 0.438. The lowest BCUT2D eigenvalue weighted by Crippen LogP contribution is -2.14. The molecule has 2 heterocycles. The molecule has 0 unspecified atom stereocenters. The summed E-state index contributed by atoms with van der Waals surface area (Å²) in [6.45, 7) is 4.30. The summed E-state index contributed by atoms with van der Waals surface area (Å²) < 4.78 is 11.0. The molecule has 0 saturated carbocycles. The molecule has 1 N–H and O–H groups in total. The number of ether oxygens (including phenoxy) is 2. The number of aliphatic imine (C=N–C) groups is 1. The fourth-order valence-corrected chi connectivity index (χ4v) is 5.70. The minimum atomic E-state index is -0.0757. The van der Waals surface area contributed by atoms with Crippen molar-refractivity contribution < 1.29 is 14.3 Å². The number of aryl methyl sites for hydroxylation is 3. The van der Waals surface area contributed by atoms with Gasteiger partial charge >= 0.3 is 0 Å². The maximum atomic E-state index is 13.5. The number of amides is 1. The minimum absolute atomic E-state index is 0.0757. The van der Waals surface area contributed by atoms with Crippen LogP contribution in [0.2, 0.25) is 0 Å². The van der Waals surface area contributed by atoms with Crippen LogP contribution in [0.15, 0.2) is 41.4 Å². The molecule has 3 aromatic rings. The number of hydrogen-bond donors (Lipinski definition) is 1. The van der Waals surface area contributed by atoms with Crippen molar-refractivity contribution in [1.82, 2.24) is 0 Å². The summed E-state index contributed by atoms with van der Waals surface area (Å²) in [5, 5.41) is 3.89. The number of carbonyl (C=O) groups excluding carboxylic acids is 1. The van der Waals surface area contributed by atoms with Crippen LogP contribution in [0, 0.1) is 13.8 Å². The second-order valence-corrected chi connectivity index (χ2v) is 9.83. The molecule has 1 aromatic heterocycles. The van der Waals surface area contributed by atoms with Gasteiger partial charge in [-0.15, -0.1) is 11.3 Å². The van der Waals surface area contributed by atoms with E-state index < -0.39 is 0 Å². The molecule has 0 radical (unpaired) electrons. The van der Waals surface area contributed by atoms with Crippen LogP contribution in [0.5, 0.6) is 11.5 Å². The number of hydrogen-bond acceptors (Lipinski definition) is 5. The van der Waals surface area contributed by atoms with Gasteiger partial charge in [0.2, 0.25) is 6.79 Å². The van der Waals surface area contributed by atoms with Gasteiger partial charge in [-0.25, -0.2) is 4.99 Å². The largest absolute Gasteiger partial charge is 0.454 e. The van der Waals surface area contributed by atoms with Crippen LogP contribution in [0.1, 0.15) is 63.2 Å². The molecular formula is C27H28N2O3S. The van der Waals surface area contributed by atoms with E-state index in [1.165, 1.54) is 23.3 Å². The molecule has 5 nitrogen and oxygen atoms in total. The highest BCUT2D eigenvalue weighted by atomic mass is 32.1. The summed E-state index contributed by atoms with van der Waals surface area (Å²) in [6.07, 6.45) is 8.53. The molecule has 1 amide bonds. The summed E-state index contributed by atoms with van der Waals surface area (Å²) in [4.78, 5) is 19.6. The molecule has 1 aliphatic heterocycles. The number of nitrogens with zero attached hydrogens (tertiary/aromatic N) is 1. The Kier molecular flexibility index (Phi) is 6.18. The molecule has 2 aliphatic rings. The molecular weight excluding hydrogens is 432 g/mol. The maximum absolute atomic E-state index is 13.5. The molecule has 170 valence electrons. The monoisotopic (exact) mass is 460 g/mol. The third-order valence-electron chi connectivity index (χ3n) is 6.24. The van der Waals surface area contributed by atoms with E-state index in [1.54, 1.807) is 11.3 Å². The van der Waals surface area contributed by atoms with Crippen LogP contribution >= 0.6 is 11.3 Å². The van der Waals surface area contributed by atoms with E-state index in [0.717, 1.165) is 70.1 Å². The Morgan fingerprint density at radius 2 is 1.82 bits per heavy atom. The van der Waals surface area contributed by atoms with Gasteiger partial charge in [0.05, 0.1) is 5.56 Å². The van der Waals surface area contributed by atoms with Gasteiger partial charge in [-0.2, -0.15) is 0 Å². The average Bonchev–Trinajstić information content (AvgIpc) is 3.35. The van der Waals surface area contributed by atoms with Gasteiger partial charge in [-0.05, 0) is 86.1 Å². The summed E-state index contributed by atoms with van der Waals surface area (Å²) in [6, 6.07) is 11.8. The second-order valence-electron chi connectivity index (χ2n) is 8.74. The zero-order chi connectivity index (χ0) is 22.8. The van der Waals surface area contributed by atoms with Crippen LogP contribution in [-0.2, 0) is 12.8 Å². The zero-order valence-corrected chi connectivity index (χ0v) is 19.9. The second kappa shape index (κ2) is 9.40. The first-order chi connectivity index (χ1) is 16.1. The van der Waals surface area contributed by atoms with Gasteiger partial charge in [-0.3, -0.25) is 4.79 Å². The Labute approximate surface area is 198 Å². The van der Waals surface area contributed by atoms with Gasteiger partial charge in [0.25, 0.3) is 5.91 Å². The van der Waals surface area contributed by atoms with Crippen LogP contribution in [0.3, 0.4) is 0 Å². The molecule has 6 heteroatoms. The number of fused-ring (bicyclic) bond motifs is 2. The van der Waals surface area contributed by atoms with Crippen LogP contribution in [0.4, 0.5) is 10.7 Å². The highest BCUT2D eigenvalue weighted by molar-refractivity contribution is 7.16. The highest BCUT2D eigenvalue weighted by Gasteiger charge is 2.24. The first-order valence-corrected chi connectivity index (χ1v) is 12.4. The normalized spacial score (nSPS) is 15.2. The Hall–Kier alpha value is -3.12. The summed E-state index contributed by atoms with van der Waals surface area (Å²) in [7, 11) is 0. The first kappa shape index (κ1) is 21.7. The van der Waals surface area contributed by atoms with E-state index in [2.05, 4.69) is 5.32 Å². The fourth-order valence-electron chi connectivity index (χ4n) is 4.47. The summed E-state index contributed by atoms with van der Waals surface area (Å²) >= 11 is 1.66. The van der Waals surface area contributed by atoms with E-state index >= 15 is 0 Å². The molecule has 5 rings (SSSR count). The predicted octanol–water partition coefficient (Wildman–Crippen LogP) is 6.76. The van der Waals surface area contributed by atoms with Crippen molar-refractivity contribution in [3.8, 4) is 11.5 Å². The van der Waals surface area contributed by atoms with Gasteiger partial charge in [0, 0.05) is 16.8 Å². The lowest BCUT2D eigenvalue weighted by molar-refractivity contribution is 0.102. The SMILES string of the molecule is Cc1cccc(NC(=O)c2c(N=Cc3cc4c(cc3C)OCO4)sc3c2CCCCCC3)c1. The van der Waals surface area contributed by atoms with Crippen molar-refractivity contribution in [3.05, 3.63) is 69.1 Å². The Morgan fingerprint density at radius 1 is 1.03 bits per heavy atom. The number of anilines is 1. The number of benzene rings is 2. The number of nitrogens with one attached hydrogen (secondary N) is 1. The highest BCUT2D eigenvalue weighted by Crippen LogP contribution is 2.40. The molecule has 33 heavy (non-hydrogen) atoms. The number of thiophene rings is 1. The Balaban J connectivity index is 1.51. The molecule has 0 saturated heterocycles. The summed E-state index contributed by atoms with van der Waals surface area (Å²) in [5.41, 5.74) is 5.86. The van der Waals surface area contributed by atoms with E-state index in [1.807, 2.05) is 56.5 Å². The molecule has 0 atom stereocenters. The van der Waals surface area contributed by atoms with Crippen LogP contribution in [0.25, 0.3) is 0 Å². The molecule has 1 aliphatic carbocycles.